The van der Waals surface area contributed by atoms with Crippen molar-refractivity contribution in [2.75, 3.05) is 6.54 Å². The van der Waals surface area contributed by atoms with Crippen LogP contribution in [0.5, 0.6) is 0 Å². The van der Waals surface area contributed by atoms with Crippen molar-refractivity contribution >= 4 is 41.2 Å². The van der Waals surface area contributed by atoms with Crippen molar-refractivity contribution in [3.05, 3.63) is 65.9 Å². The predicted molar refractivity (Wildman–Crippen MR) is 102 cm³/mol. The molecule has 1 aromatic heterocycles. The Morgan fingerprint density at radius 1 is 1.26 bits per heavy atom. The molecule has 1 aromatic carbocycles. The number of aromatic carboxylic acids is 1. The molecule has 1 saturated heterocycles. The van der Waals surface area contributed by atoms with E-state index in [1.54, 1.807) is 30.3 Å². The molecule has 0 spiro atoms. The Labute approximate surface area is 159 Å². The smallest absolute Gasteiger partial charge is 0.336 e. The third-order valence-electron chi connectivity index (χ3n) is 3.83. The Morgan fingerprint density at radius 3 is 2.70 bits per heavy atom. The van der Waals surface area contributed by atoms with Crippen molar-refractivity contribution in [2.24, 2.45) is 0 Å². The number of benzene rings is 1. The maximum atomic E-state index is 12.5. The molecule has 0 unspecified atom stereocenters. The molecular formula is C19H14N2O5S. The van der Waals surface area contributed by atoms with Crippen LogP contribution in [0, 0.1) is 0 Å². The third kappa shape index (κ3) is 3.56. The molecule has 2 aromatic rings. The number of nitrogens with zero attached hydrogens (tertiary/aromatic N) is 1. The first-order valence-electron chi connectivity index (χ1n) is 7.84. The van der Waals surface area contributed by atoms with Gasteiger partial charge in [0.25, 0.3) is 11.8 Å². The molecule has 0 bridgehead atoms. The van der Waals surface area contributed by atoms with Crippen molar-refractivity contribution in [1.29, 1.82) is 0 Å². The molecule has 2 heterocycles. The van der Waals surface area contributed by atoms with Gasteiger partial charge in [0, 0.05) is 12.1 Å². The van der Waals surface area contributed by atoms with Crippen molar-refractivity contribution in [1.82, 2.24) is 10.2 Å². The number of carboxylic acids is 1. The molecule has 0 saturated carbocycles. The van der Waals surface area contributed by atoms with Crippen molar-refractivity contribution in [3.8, 4) is 11.3 Å². The molecule has 1 aliphatic rings. The maximum Gasteiger partial charge on any atom is 0.336 e. The summed E-state index contributed by atoms with van der Waals surface area (Å²) in [6.07, 6.45) is 2.79. The summed E-state index contributed by atoms with van der Waals surface area (Å²) in [4.78, 5) is 37.2. The van der Waals surface area contributed by atoms with Crippen molar-refractivity contribution < 1.29 is 23.9 Å². The van der Waals surface area contributed by atoms with Gasteiger partial charge < -0.3 is 9.52 Å². The molecular weight excluding hydrogens is 368 g/mol. The third-order valence-corrected chi connectivity index (χ3v) is 4.16. The first kappa shape index (κ1) is 18.3. The zero-order valence-corrected chi connectivity index (χ0v) is 14.8. The van der Waals surface area contributed by atoms with Gasteiger partial charge in [0.15, 0.2) is 5.11 Å². The average molecular weight is 382 g/mol. The number of hydrogen-bond acceptors (Lipinski definition) is 5. The Kier molecular flexibility index (Phi) is 5.00. The average Bonchev–Trinajstić information content (AvgIpc) is 3.10. The number of furan rings is 1. The van der Waals surface area contributed by atoms with Crippen LogP contribution in [0.4, 0.5) is 0 Å². The second-order valence-corrected chi connectivity index (χ2v) is 5.96. The number of amides is 2. The molecule has 0 radical (unpaired) electrons. The fourth-order valence-corrected chi connectivity index (χ4v) is 2.84. The number of carbonyl (C=O) groups excluding carboxylic acids is 2. The molecule has 2 N–H and O–H groups in total. The second-order valence-electron chi connectivity index (χ2n) is 5.57. The van der Waals surface area contributed by atoms with Gasteiger partial charge in [-0.25, -0.2) is 4.79 Å². The summed E-state index contributed by atoms with van der Waals surface area (Å²) < 4.78 is 5.64. The molecule has 1 aliphatic heterocycles. The largest absolute Gasteiger partial charge is 0.478 e. The van der Waals surface area contributed by atoms with Crippen molar-refractivity contribution in [3.63, 3.8) is 0 Å². The molecule has 0 aliphatic carbocycles. The Bertz CT molecular complexity index is 1010. The van der Waals surface area contributed by atoms with E-state index in [1.807, 2.05) is 0 Å². The van der Waals surface area contributed by atoms with Crippen LogP contribution in [0.2, 0.25) is 0 Å². The number of nitrogens with one attached hydrogen (secondary N) is 1. The van der Waals surface area contributed by atoms with Crippen molar-refractivity contribution in [2.45, 2.75) is 0 Å². The van der Waals surface area contributed by atoms with Gasteiger partial charge >= 0.3 is 5.97 Å². The Hall–Kier alpha value is -3.52. The Balaban J connectivity index is 1.96. The number of hydrogen-bond donors (Lipinski definition) is 2. The van der Waals surface area contributed by atoms with E-state index in [2.05, 4.69) is 11.9 Å². The molecule has 136 valence electrons. The highest BCUT2D eigenvalue weighted by atomic mass is 32.1. The molecule has 7 nitrogen and oxygen atoms in total. The number of rotatable bonds is 5. The fraction of sp³-hybridized carbons (Fsp3) is 0.0526. The van der Waals surface area contributed by atoms with E-state index >= 15 is 0 Å². The van der Waals surface area contributed by atoms with Crippen LogP contribution in [0.3, 0.4) is 0 Å². The van der Waals surface area contributed by atoms with Gasteiger partial charge in [-0.1, -0.05) is 24.3 Å². The van der Waals surface area contributed by atoms with Crippen LogP contribution in [-0.4, -0.2) is 39.4 Å². The van der Waals surface area contributed by atoms with E-state index in [0.29, 0.717) is 11.3 Å². The first-order valence-corrected chi connectivity index (χ1v) is 8.25. The van der Waals surface area contributed by atoms with Crippen LogP contribution in [0.25, 0.3) is 17.4 Å². The lowest BCUT2D eigenvalue weighted by molar-refractivity contribution is -0.128. The van der Waals surface area contributed by atoms with Crippen LogP contribution < -0.4 is 5.32 Å². The summed E-state index contributed by atoms with van der Waals surface area (Å²) in [7, 11) is 0. The number of thiocarbonyl (C=S) groups is 1. The highest BCUT2D eigenvalue weighted by molar-refractivity contribution is 7.80. The summed E-state index contributed by atoms with van der Waals surface area (Å²) >= 11 is 4.99. The molecule has 8 heteroatoms. The van der Waals surface area contributed by atoms with Gasteiger partial charge in [-0.15, -0.1) is 6.58 Å². The lowest BCUT2D eigenvalue weighted by atomic mass is 10.1. The SMILES string of the molecule is C=CCN1C(=O)C(=Cc2ccc(-c3ccccc3C(=O)O)o2)C(=O)NC1=S. The van der Waals surface area contributed by atoms with Gasteiger partial charge in [-0.05, 0) is 36.5 Å². The minimum Gasteiger partial charge on any atom is -0.478 e. The fourth-order valence-electron chi connectivity index (χ4n) is 2.59. The van der Waals surface area contributed by atoms with E-state index in [9.17, 15) is 19.5 Å². The summed E-state index contributed by atoms with van der Waals surface area (Å²) in [6.45, 7) is 3.72. The lowest BCUT2D eigenvalue weighted by Crippen LogP contribution is -2.53. The highest BCUT2D eigenvalue weighted by Crippen LogP contribution is 2.27. The monoisotopic (exact) mass is 382 g/mol. The minimum atomic E-state index is -1.09. The van der Waals surface area contributed by atoms with Crippen LogP contribution >= 0.6 is 12.2 Å². The molecule has 3 rings (SSSR count). The molecule has 0 atom stereocenters. The predicted octanol–water partition coefficient (Wildman–Crippen LogP) is 2.46. The summed E-state index contributed by atoms with van der Waals surface area (Å²) in [6, 6.07) is 9.50. The summed E-state index contributed by atoms with van der Waals surface area (Å²) in [5.41, 5.74) is 0.335. The molecule has 27 heavy (non-hydrogen) atoms. The zero-order chi connectivity index (χ0) is 19.6. The normalized spacial score (nSPS) is 15.8. The van der Waals surface area contributed by atoms with E-state index in [0.717, 1.165) is 0 Å². The quantitative estimate of drug-likeness (QED) is 0.357. The van der Waals surface area contributed by atoms with Gasteiger partial charge in [-0.2, -0.15) is 0 Å². The number of carbonyl (C=O) groups is 3. The standard InChI is InChI=1S/C19H14N2O5S/c1-2-9-21-17(23)14(16(22)20-19(21)27)10-11-7-8-15(26-11)12-5-3-4-6-13(12)18(24)25/h2-8,10H,1,9H2,(H,24,25)(H,20,22,27). The topological polar surface area (TPSA) is 99.8 Å². The van der Waals surface area contributed by atoms with Gasteiger partial charge in [-0.3, -0.25) is 19.8 Å². The minimum absolute atomic E-state index is 0.0116. The van der Waals surface area contributed by atoms with Crippen LogP contribution in [0.1, 0.15) is 16.1 Å². The maximum absolute atomic E-state index is 12.5. The molecule has 1 fully saturated rings. The van der Waals surface area contributed by atoms with Gasteiger partial charge in [0.2, 0.25) is 0 Å². The van der Waals surface area contributed by atoms with Crippen LogP contribution in [-0.2, 0) is 9.59 Å². The van der Waals surface area contributed by atoms with E-state index in [1.165, 1.54) is 23.1 Å². The van der Waals surface area contributed by atoms with E-state index in [4.69, 9.17) is 16.6 Å². The summed E-state index contributed by atoms with van der Waals surface area (Å²) in [5.74, 6) is -1.74. The highest BCUT2D eigenvalue weighted by Gasteiger charge is 2.32. The van der Waals surface area contributed by atoms with Crippen LogP contribution in [0.15, 0.2) is 59.0 Å². The Morgan fingerprint density at radius 2 is 2.00 bits per heavy atom. The molecule has 2 amide bonds. The van der Waals surface area contributed by atoms with E-state index in [-0.39, 0.29) is 28.6 Å². The first-order chi connectivity index (χ1) is 12.9. The second kappa shape index (κ2) is 7.38. The zero-order valence-electron chi connectivity index (χ0n) is 14.0. The number of carboxylic acid groups (broad SMARTS) is 1. The lowest BCUT2D eigenvalue weighted by Gasteiger charge is -2.27. The van der Waals surface area contributed by atoms with E-state index < -0.39 is 17.8 Å². The van der Waals surface area contributed by atoms with Gasteiger partial charge in [0.05, 0.1) is 5.56 Å². The summed E-state index contributed by atoms with van der Waals surface area (Å²) in [5, 5.41) is 11.7. The van der Waals surface area contributed by atoms with Gasteiger partial charge in [0.1, 0.15) is 17.1 Å².